The maximum absolute atomic E-state index is 13.5. The Bertz CT molecular complexity index is 1280. The number of halogens is 7. The number of amides is 1. The number of nitrogens with one attached hydrogen (secondary N) is 1. The average Bonchev–Trinajstić information content (AvgIpc) is 3.17. The van der Waals surface area contributed by atoms with Gasteiger partial charge in [0.25, 0.3) is 5.91 Å². The lowest BCUT2D eigenvalue weighted by Crippen LogP contribution is -2.47. The zero-order valence-electron chi connectivity index (χ0n) is 21.4. The fourth-order valence-electron chi connectivity index (χ4n) is 4.66. The third-order valence-electron chi connectivity index (χ3n) is 6.52. The van der Waals surface area contributed by atoms with Gasteiger partial charge < -0.3 is 10.2 Å². The fraction of sp³-hybridized carbons (Fsp3) is 0.385. The molecular formula is C26H30Cl4F3N5O. The van der Waals surface area contributed by atoms with Crippen LogP contribution < -0.4 is 10.2 Å². The van der Waals surface area contributed by atoms with Gasteiger partial charge in [-0.2, -0.15) is 13.2 Å². The molecule has 1 aliphatic heterocycles. The number of benzene rings is 2. The van der Waals surface area contributed by atoms with E-state index in [4.69, 9.17) is 23.2 Å². The minimum Gasteiger partial charge on any atom is -0.368 e. The van der Waals surface area contributed by atoms with Gasteiger partial charge in [-0.05, 0) is 51.1 Å². The van der Waals surface area contributed by atoms with Gasteiger partial charge in [0.1, 0.15) is 11.5 Å². The van der Waals surface area contributed by atoms with Crippen LogP contribution in [0, 0.1) is 13.8 Å². The summed E-state index contributed by atoms with van der Waals surface area (Å²) in [6, 6.07) is 10.9. The zero-order valence-corrected chi connectivity index (χ0v) is 24.5. The van der Waals surface area contributed by atoms with E-state index in [0.29, 0.717) is 28.1 Å². The molecule has 0 atom stereocenters. The molecule has 39 heavy (non-hydrogen) atoms. The second-order valence-electron chi connectivity index (χ2n) is 8.95. The van der Waals surface area contributed by atoms with Gasteiger partial charge >= 0.3 is 6.18 Å². The van der Waals surface area contributed by atoms with Crippen LogP contribution in [-0.2, 0) is 6.18 Å². The van der Waals surface area contributed by atoms with Crippen LogP contribution in [0.25, 0.3) is 5.69 Å². The third kappa shape index (κ3) is 7.52. The molecule has 1 N–H and O–H groups in total. The molecule has 0 saturated carbocycles. The van der Waals surface area contributed by atoms with Crippen LogP contribution in [0.4, 0.5) is 18.9 Å². The first-order valence-corrected chi connectivity index (χ1v) is 12.8. The molecule has 6 nitrogen and oxygen atoms in total. The second kappa shape index (κ2) is 13.9. The van der Waals surface area contributed by atoms with E-state index in [1.807, 2.05) is 12.1 Å². The molecule has 0 aliphatic carbocycles. The number of para-hydroxylation sites is 1. The molecule has 0 bridgehead atoms. The second-order valence-corrected chi connectivity index (χ2v) is 9.74. The van der Waals surface area contributed by atoms with E-state index in [2.05, 4.69) is 20.1 Å². The topological polar surface area (TPSA) is 53.4 Å². The summed E-state index contributed by atoms with van der Waals surface area (Å²) in [4.78, 5) is 21.6. The molecule has 0 unspecified atom stereocenters. The highest BCUT2D eigenvalue weighted by atomic mass is 35.5. The van der Waals surface area contributed by atoms with E-state index in [-0.39, 0.29) is 36.2 Å². The van der Waals surface area contributed by atoms with Gasteiger partial charge in [0.15, 0.2) is 0 Å². The van der Waals surface area contributed by atoms with Crippen molar-refractivity contribution < 1.29 is 18.0 Å². The molecule has 13 heteroatoms. The number of carbonyl (C=O) groups is 1. The number of carbonyl (C=O) groups excluding carboxylic acids is 1. The molecule has 1 amide bonds. The number of piperazine rings is 1. The van der Waals surface area contributed by atoms with Crippen molar-refractivity contribution in [2.24, 2.45) is 0 Å². The highest BCUT2D eigenvalue weighted by Crippen LogP contribution is 2.35. The minimum absolute atomic E-state index is 0. The molecule has 1 aromatic heterocycles. The first-order valence-electron chi connectivity index (χ1n) is 12.0. The largest absolute Gasteiger partial charge is 0.418 e. The number of imidazole rings is 1. The van der Waals surface area contributed by atoms with E-state index in [9.17, 15) is 18.0 Å². The first-order chi connectivity index (χ1) is 17.6. The van der Waals surface area contributed by atoms with Gasteiger partial charge in [0, 0.05) is 32.7 Å². The highest BCUT2D eigenvalue weighted by Gasteiger charge is 2.34. The summed E-state index contributed by atoms with van der Waals surface area (Å²) < 4.78 is 42.0. The lowest BCUT2D eigenvalue weighted by molar-refractivity contribution is -0.137. The van der Waals surface area contributed by atoms with Crippen molar-refractivity contribution in [3.05, 3.63) is 75.3 Å². The summed E-state index contributed by atoms with van der Waals surface area (Å²) >= 11 is 12.5. The van der Waals surface area contributed by atoms with Gasteiger partial charge in [-0.25, -0.2) is 4.98 Å². The number of aryl methyl sites for hydroxylation is 1. The Morgan fingerprint density at radius 2 is 1.62 bits per heavy atom. The van der Waals surface area contributed by atoms with Crippen molar-refractivity contribution in [1.82, 2.24) is 19.8 Å². The molecule has 0 spiro atoms. The highest BCUT2D eigenvalue weighted by molar-refractivity contribution is 6.43. The summed E-state index contributed by atoms with van der Waals surface area (Å²) in [5.41, 5.74) is 0.603. The Hall–Kier alpha value is -2.17. The normalized spacial score (nSPS) is 14.0. The lowest BCUT2D eigenvalue weighted by Gasteiger charge is -2.36. The molecule has 214 valence electrons. The number of anilines is 1. The summed E-state index contributed by atoms with van der Waals surface area (Å²) in [6.45, 7) is 7.80. The lowest BCUT2D eigenvalue weighted by atomic mass is 10.1. The quantitative estimate of drug-likeness (QED) is 0.300. The summed E-state index contributed by atoms with van der Waals surface area (Å²) in [5, 5.41) is 3.96. The van der Waals surface area contributed by atoms with Gasteiger partial charge in [0.05, 0.1) is 32.7 Å². The van der Waals surface area contributed by atoms with Crippen molar-refractivity contribution in [2.75, 3.05) is 44.2 Å². The van der Waals surface area contributed by atoms with Crippen LogP contribution in [0.5, 0.6) is 0 Å². The summed E-state index contributed by atoms with van der Waals surface area (Å²) in [5.74, 6) is -0.0821. The average molecular weight is 627 g/mol. The molecule has 0 radical (unpaired) electrons. The molecule has 1 fully saturated rings. The van der Waals surface area contributed by atoms with E-state index < -0.39 is 17.6 Å². The van der Waals surface area contributed by atoms with Crippen molar-refractivity contribution in [3.8, 4) is 5.69 Å². The van der Waals surface area contributed by atoms with Crippen LogP contribution in [-0.4, -0.2) is 59.6 Å². The van der Waals surface area contributed by atoms with Crippen LogP contribution in [0.15, 0.2) is 42.5 Å². The monoisotopic (exact) mass is 625 g/mol. The molecular weight excluding hydrogens is 597 g/mol. The van der Waals surface area contributed by atoms with Crippen molar-refractivity contribution in [3.63, 3.8) is 0 Å². The fourth-order valence-corrected chi connectivity index (χ4v) is 5.07. The molecule has 1 aliphatic rings. The Kier molecular flexibility index (Phi) is 11.8. The van der Waals surface area contributed by atoms with Crippen molar-refractivity contribution >= 4 is 59.6 Å². The van der Waals surface area contributed by atoms with Crippen molar-refractivity contribution in [2.45, 2.75) is 26.4 Å². The van der Waals surface area contributed by atoms with Crippen LogP contribution in [0.1, 0.15) is 34.0 Å². The number of hydrogen-bond donors (Lipinski definition) is 1. The standard InChI is InChI=1S/C26H28Cl2F3N5O.2ClH/c1-17-24(33-18(2)36(17)21-9-4-3-7-19(21)26(29,30)31)25(37)32-11-6-12-34-13-15-35(16-14-34)22-10-5-8-20(27)23(22)28;;/h3-5,7-10H,6,11-16H2,1-2H3,(H,32,37);2*1H. The maximum Gasteiger partial charge on any atom is 0.418 e. The Morgan fingerprint density at radius 1 is 0.974 bits per heavy atom. The van der Waals surface area contributed by atoms with Gasteiger partial charge in [-0.15, -0.1) is 24.8 Å². The van der Waals surface area contributed by atoms with Crippen LogP contribution >= 0.6 is 48.0 Å². The maximum atomic E-state index is 13.5. The molecule has 1 saturated heterocycles. The van der Waals surface area contributed by atoms with Gasteiger partial charge in [-0.3, -0.25) is 14.3 Å². The van der Waals surface area contributed by atoms with Crippen LogP contribution in [0.2, 0.25) is 10.0 Å². The predicted octanol–water partition coefficient (Wildman–Crippen LogP) is 6.60. The number of nitrogens with zero attached hydrogens (tertiary/aromatic N) is 4. The Labute approximate surface area is 248 Å². The Morgan fingerprint density at radius 3 is 2.28 bits per heavy atom. The summed E-state index contributed by atoms with van der Waals surface area (Å²) in [7, 11) is 0. The number of hydrogen-bond acceptors (Lipinski definition) is 4. The van der Waals surface area contributed by atoms with E-state index >= 15 is 0 Å². The molecule has 2 heterocycles. The Balaban J connectivity index is 0.00000267. The number of alkyl halides is 3. The van der Waals surface area contributed by atoms with Crippen LogP contribution in [0.3, 0.4) is 0 Å². The SMILES string of the molecule is Cc1nc(C(=O)NCCCN2CCN(c3cccc(Cl)c3Cl)CC2)c(C)n1-c1ccccc1C(F)(F)F.Cl.Cl. The molecule has 3 aromatic rings. The predicted molar refractivity (Wildman–Crippen MR) is 155 cm³/mol. The minimum atomic E-state index is -4.52. The third-order valence-corrected chi connectivity index (χ3v) is 7.33. The molecule has 2 aromatic carbocycles. The van der Waals surface area contributed by atoms with E-state index in [1.165, 1.54) is 22.8 Å². The van der Waals surface area contributed by atoms with E-state index in [1.54, 1.807) is 19.9 Å². The number of rotatable bonds is 7. The first kappa shape index (κ1) is 33.0. The summed E-state index contributed by atoms with van der Waals surface area (Å²) in [6.07, 6.45) is -3.78. The molecule has 4 rings (SSSR count). The smallest absolute Gasteiger partial charge is 0.368 e. The number of aromatic nitrogens is 2. The van der Waals surface area contributed by atoms with Gasteiger partial charge in [-0.1, -0.05) is 41.4 Å². The van der Waals surface area contributed by atoms with Gasteiger partial charge in [0.2, 0.25) is 0 Å². The zero-order chi connectivity index (χ0) is 26.7. The van der Waals surface area contributed by atoms with Crippen molar-refractivity contribution in [1.29, 1.82) is 0 Å². The van der Waals surface area contributed by atoms with E-state index in [0.717, 1.165) is 50.9 Å².